The summed E-state index contributed by atoms with van der Waals surface area (Å²) in [7, 11) is 0. The molecule has 0 aliphatic rings. The van der Waals surface area contributed by atoms with Crippen molar-refractivity contribution in [3.63, 3.8) is 0 Å². The van der Waals surface area contributed by atoms with E-state index in [1.165, 1.54) is 51.4 Å². The first-order valence-electron chi connectivity index (χ1n) is 9.72. The van der Waals surface area contributed by atoms with Crippen molar-refractivity contribution >= 4 is 5.78 Å². The minimum absolute atomic E-state index is 0.147. The standard InChI is InChI=1S/C22H31N2O/c1-2-3-4-5-6-7-8-12-15-21-18-23-16-17-24(21)19-22(25)20-13-10-9-11-14-20/h9-11,13-14,16-18H,2-8,12,15,19H2,1H3/q+1. The number of hydrogen-bond acceptors (Lipinski definition) is 2. The first-order chi connectivity index (χ1) is 12.3. The normalized spacial score (nSPS) is 10.8. The summed E-state index contributed by atoms with van der Waals surface area (Å²) >= 11 is 0. The molecule has 2 rings (SSSR count). The number of unbranched alkanes of at least 4 members (excludes halogenated alkanes) is 7. The molecular formula is C22H31N2O+. The van der Waals surface area contributed by atoms with Gasteiger partial charge >= 0.3 is 0 Å². The molecule has 25 heavy (non-hydrogen) atoms. The second-order valence-electron chi connectivity index (χ2n) is 6.71. The zero-order chi connectivity index (χ0) is 17.7. The molecule has 2 aromatic rings. The maximum absolute atomic E-state index is 12.4. The van der Waals surface area contributed by atoms with Gasteiger partial charge in [-0.2, -0.15) is 4.57 Å². The Balaban J connectivity index is 1.77. The van der Waals surface area contributed by atoms with Crippen LogP contribution in [0, 0.1) is 0 Å². The van der Waals surface area contributed by atoms with Crippen molar-refractivity contribution in [1.82, 2.24) is 4.98 Å². The van der Waals surface area contributed by atoms with Crippen LogP contribution in [0.1, 0.15) is 74.3 Å². The first kappa shape index (κ1) is 19.3. The quantitative estimate of drug-likeness (QED) is 0.312. The van der Waals surface area contributed by atoms with Crippen LogP contribution in [0.4, 0.5) is 0 Å². The fourth-order valence-electron chi connectivity index (χ4n) is 3.09. The number of hydrogen-bond donors (Lipinski definition) is 0. The maximum atomic E-state index is 12.4. The lowest BCUT2D eigenvalue weighted by molar-refractivity contribution is -0.691. The number of carbonyl (C=O) groups excluding carboxylic acids is 1. The van der Waals surface area contributed by atoms with E-state index in [2.05, 4.69) is 11.9 Å². The Morgan fingerprint density at radius 1 is 0.960 bits per heavy atom. The molecule has 3 nitrogen and oxygen atoms in total. The third kappa shape index (κ3) is 7.16. The van der Waals surface area contributed by atoms with Gasteiger partial charge in [0, 0.05) is 12.0 Å². The SMILES string of the molecule is CCCCCCCCCCc1cncc[n+]1CC(=O)c1ccccc1. The minimum Gasteiger partial charge on any atom is -0.287 e. The molecule has 0 radical (unpaired) electrons. The van der Waals surface area contributed by atoms with Gasteiger partial charge in [-0.05, 0) is 6.42 Å². The van der Waals surface area contributed by atoms with E-state index in [0.717, 1.165) is 17.7 Å². The van der Waals surface area contributed by atoms with E-state index < -0.39 is 0 Å². The molecule has 0 aliphatic heterocycles. The number of benzene rings is 1. The van der Waals surface area contributed by atoms with Crippen LogP contribution < -0.4 is 4.57 Å². The van der Waals surface area contributed by atoms with Crippen LogP contribution in [0.25, 0.3) is 0 Å². The molecule has 3 heteroatoms. The van der Waals surface area contributed by atoms with E-state index in [0.29, 0.717) is 6.54 Å². The number of aryl methyl sites for hydroxylation is 1. The lowest BCUT2D eigenvalue weighted by Gasteiger charge is -2.04. The Morgan fingerprint density at radius 3 is 2.36 bits per heavy atom. The van der Waals surface area contributed by atoms with Gasteiger partial charge in [0.15, 0.2) is 11.9 Å². The first-order valence-corrected chi connectivity index (χ1v) is 9.72. The van der Waals surface area contributed by atoms with Gasteiger partial charge in [-0.25, -0.2) is 0 Å². The van der Waals surface area contributed by atoms with E-state index in [1.807, 2.05) is 47.3 Å². The van der Waals surface area contributed by atoms with Crippen molar-refractivity contribution in [2.24, 2.45) is 0 Å². The molecule has 0 saturated carbocycles. The van der Waals surface area contributed by atoms with Gasteiger partial charge in [0.05, 0.1) is 12.4 Å². The number of Topliss-reactive ketones (excluding diaryl/α,β-unsaturated/α-hetero) is 1. The number of rotatable bonds is 12. The Bertz CT molecular complexity index is 625. The van der Waals surface area contributed by atoms with Gasteiger partial charge in [0.1, 0.15) is 0 Å². The van der Waals surface area contributed by atoms with Crippen molar-refractivity contribution in [3.05, 3.63) is 60.2 Å². The van der Waals surface area contributed by atoms with Gasteiger partial charge in [-0.15, -0.1) is 0 Å². The highest BCUT2D eigenvalue weighted by molar-refractivity contribution is 5.94. The molecule has 0 atom stereocenters. The molecule has 0 amide bonds. The lowest BCUT2D eigenvalue weighted by Crippen LogP contribution is -2.41. The summed E-state index contributed by atoms with van der Waals surface area (Å²) in [6.07, 6.45) is 17.1. The van der Waals surface area contributed by atoms with Gasteiger partial charge in [0.2, 0.25) is 12.3 Å². The monoisotopic (exact) mass is 339 g/mol. The van der Waals surface area contributed by atoms with Gasteiger partial charge in [-0.3, -0.25) is 9.78 Å². The highest BCUT2D eigenvalue weighted by Crippen LogP contribution is 2.10. The molecule has 0 N–H and O–H groups in total. The van der Waals surface area contributed by atoms with E-state index in [1.54, 1.807) is 6.20 Å². The van der Waals surface area contributed by atoms with Crippen LogP contribution in [0.3, 0.4) is 0 Å². The van der Waals surface area contributed by atoms with E-state index in [-0.39, 0.29) is 5.78 Å². The zero-order valence-electron chi connectivity index (χ0n) is 15.5. The Morgan fingerprint density at radius 2 is 1.64 bits per heavy atom. The third-order valence-electron chi connectivity index (χ3n) is 4.62. The Labute approximate surface area is 152 Å². The van der Waals surface area contributed by atoms with Gasteiger partial charge in [0.25, 0.3) is 0 Å². The summed E-state index contributed by atoms with van der Waals surface area (Å²) in [5, 5.41) is 0. The summed E-state index contributed by atoms with van der Waals surface area (Å²) in [5.41, 5.74) is 1.92. The molecule has 134 valence electrons. The van der Waals surface area contributed by atoms with Crippen molar-refractivity contribution in [2.75, 3.05) is 0 Å². The molecule has 1 aromatic heterocycles. The molecule has 0 unspecified atom stereocenters. The molecule has 0 spiro atoms. The second-order valence-corrected chi connectivity index (χ2v) is 6.71. The summed E-state index contributed by atoms with van der Waals surface area (Å²) in [6.45, 7) is 2.64. The predicted molar refractivity (Wildman–Crippen MR) is 102 cm³/mol. The number of carbonyl (C=O) groups is 1. The smallest absolute Gasteiger partial charge is 0.227 e. The Hall–Kier alpha value is -2.03. The predicted octanol–water partition coefficient (Wildman–Crippen LogP) is 4.94. The molecular weight excluding hydrogens is 308 g/mol. The number of ketones is 1. The molecule has 1 aromatic carbocycles. The van der Waals surface area contributed by atoms with Crippen molar-refractivity contribution in [3.8, 4) is 0 Å². The average Bonchev–Trinajstić information content (AvgIpc) is 2.66. The van der Waals surface area contributed by atoms with Crippen LogP contribution >= 0.6 is 0 Å². The van der Waals surface area contributed by atoms with E-state index in [9.17, 15) is 4.79 Å². The molecule has 0 saturated heterocycles. The largest absolute Gasteiger partial charge is 0.287 e. The van der Waals surface area contributed by atoms with Crippen LogP contribution in [-0.4, -0.2) is 10.8 Å². The summed E-state index contributed by atoms with van der Waals surface area (Å²) in [6, 6.07) is 9.51. The molecule has 0 fully saturated rings. The van der Waals surface area contributed by atoms with Gasteiger partial charge < -0.3 is 0 Å². The number of aromatic nitrogens is 2. The zero-order valence-corrected chi connectivity index (χ0v) is 15.5. The van der Waals surface area contributed by atoms with E-state index >= 15 is 0 Å². The molecule has 1 heterocycles. The third-order valence-corrected chi connectivity index (χ3v) is 4.62. The summed E-state index contributed by atoms with van der Waals surface area (Å²) in [4.78, 5) is 16.7. The lowest BCUT2D eigenvalue weighted by atomic mass is 10.1. The van der Waals surface area contributed by atoms with E-state index in [4.69, 9.17) is 0 Å². The maximum Gasteiger partial charge on any atom is 0.227 e. The van der Waals surface area contributed by atoms with Crippen molar-refractivity contribution in [1.29, 1.82) is 0 Å². The van der Waals surface area contributed by atoms with Crippen molar-refractivity contribution < 1.29 is 9.36 Å². The van der Waals surface area contributed by atoms with Crippen LogP contribution in [0.15, 0.2) is 48.9 Å². The van der Waals surface area contributed by atoms with Crippen LogP contribution in [0.5, 0.6) is 0 Å². The summed E-state index contributed by atoms with van der Waals surface area (Å²) < 4.78 is 2.05. The van der Waals surface area contributed by atoms with Crippen LogP contribution in [0.2, 0.25) is 0 Å². The molecule has 0 bridgehead atoms. The topological polar surface area (TPSA) is 33.8 Å². The fraction of sp³-hybridized carbons (Fsp3) is 0.500. The van der Waals surface area contributed by atoms with Gasteiger partial charge in [-0.1, -0.05) is 82.2 Å². The number of nitrogens with zero attached hydrogens (tertiary/aromatic N) is 2. The fourth-order valence-corrected chi connectivity index (χ4v) is 3.09. The highest BCUT2D eigenvalue weighted by Gasteiger charge is 2.16. The minimum atomic E-state index is 0.147. The summed E-state index contributed by atoms with van der Waals surface area (Å²) in [5.74, 6) is 0.147. The average molecular weight is 340 g/mol. The Kier molecular flexibility index (Phi) is 8.89. The second kappa shape index (κ2) is 11.5. The molecule has 0 aliphatic carbocycles. The highest BCUT2D eigenvalue weighted by atomic mass is 16.1. The van der Waals surface area contributed by atoms with Crippen molar-refractivity contribution in [2.45, 2.75) is 71.3 Å². The van der Waals surface area contributed by atoms with Crippen LogP contribution in [-0.2, 0) is 13.0 Å².